The predicted molar refractivity (Wildman–Crippen MR) is 73.8 cm³/mol. The number of aliphatic hydroxyl groups is 1. The first-order valence-electron chi connectivity index (χ1n) is 6.92. The maximum Gasteiger partial charge on any atom is 0.289 e. The van der Waals surface area contributed by atoms with Crippen LogP contribution in [0.25, 0.3) is 0 Å². The second-order valence-electron chi connectivity index (χ2n) is 5.53. The van der Waals surface area contributed by atoms with Crippen molar-refractivity contribution >= 4 is 5.91 Å². The van der Waals surface area contributed by atoms with Crippen molar-refractivity contribution < 1.29 is 14.3 Å². The second kappa shape index (κ2) is 5.00. The molecule has 1 atom stereocenters. The van der Waals surface area contributed by atoms with Crippen molar-refractivity contribution in [3.63, 3.8) is 0 Å². The Bertz CT molecular complexity index is 668. The molecule has 1 fully saturated rings. The second-order valence-corrected chi connectivity index (χ2v) is 5.53. The number of aliphatic hydroxyl groups excluding tert-OH is 1. The van der Waals surface area contributed by atoms with Crippen LogP contribution in [0.5, 0.6) is 0 Å². The molecule has 3 heterocycles. The van der Waals surface area contributed by atoms with Crippen LogP contribution >= 0.6 is 0 Å². The van der Waals surface area contributed by atoms with Crippen molar-refractivity contribution in [1.29, 1.82) is 0 Å². The highest BCUT2D eigenvalue weighted by Crippen LogP contribution is 2.25. The van der Waals surface area contributed by atoms with Crippen LogP contribution < -0.4 is 0 Å². The average Bonchev–Trinajstić information content (AvgIpc) is 2.94. The molecule has 3 rings (SSSR count). The van der Waals surface area contributed by atoms with E-state index in [1.807, 2.05) is 19.9 Å². The molecular weight excluding hydrogens is 272 g/mol. The zero-order chi connectivity index (χ0) is 15.1. The molecule has 7 nitrogen and oxygen atoms in total. The first-order chi connectivity index (χ1) is 9.95. The molecule has 1 saturated heterocycles. The minimum atomic E-state index is -0.634. The smallest absolute Gasteiger partial charge is 0.289 e. The number of furan rings is 1. The van der Waals surface area contributed by atoms with E-state index in [9.17, 15) is 9.90 Å². The van der Waals surface area contributed by atoms with E-state index in [2.05, 4.69) is 10.3 Å². The van der Waals surface area contributed by atoms with Crippen molar-refractivity contribution in [2.45, 2.75) is 32.9 Å². The van der Waals surface area contributed by atoms with Gasteiger partial charge in [-0.1, -0.05) is 5.21 Å². The lowest BCUT2D eigenvalue weighted by Crippen LogP contribution is -2.51. The molecule has 0 aliphatic carbocycles. The van der Waals surface area contributed by atoms with Crippen LogP contribution in [0, 0.1) is 13.8 Å². The molecule has 2 aromatic heterocycles. The Morgan fingerprint density at radius 2 is 2.19 bits per heavy atom. The van der Waals surface area contributed by atoms with Gasteiger partial charge in [-0.2, -0.15) is 0 Å². The van der Waals surface area contributed by atoms with Gasteiger partial charge in [0.1, 0.15) is 11.5 Å². The highest BCUT2D eigenvalue weighted by molar-refractivity contribution is 5.93. The largest absolute Gasteiger partial charge is 0.456 e. The van der Waals surface area contributed by atoms with Crippen LogP contribution in [-0.4, -0.2) is 44.0 Å². The SMILES string of the molecule is Cc1cc(C)c(C(=O)N2CC(n3cc(C(C)O)nn3)C2)o1. The van der Waals surface area contributed by atoms with Gasteiger partial charge in [0.15, 0.2) is 5.76 Å². The molecule has 0 bridgehead atoms. The van der Waals surface area contributed by atoms with Crippen molar-refractivity contribution in [1.82, 2.24) is 19.9 Å². The first-order valence-corrected chi connectivity index (χ1v) is 6.92. The number of aromatic nitrogens is 3. The van der Waals surface area contributed by atoms with E-state index in [0.29, 0.717) is 24.5 Å². The fraction of sp³-hybridized carbons (Fsp3) is 0.500. The van der Waals surface area contributed by atoms with Crippen LogP contribution in [0.15, 0.2) is 16.7 Å². The molecule has 2 aromatic rings. The number of hydrogen-bond donors (Lipinski definition) is 1. The molecule has 1 unspecified atom stereocenters. The van der Waals surface area contributed by atoms with Gasteiger partial charge in [-0.25, -0.2) is 4.68 Å². The van der Waals surface area contributed by atoms with E-state index in [-0.39, 0.29) is 11.9 Å². The summed E-state index contributed by atoms with van der Waals surface area (Å²) >= 11 is 0. The molecule has 7 heteroatoms. The number of amides is 1. The van der Waals surface area contributed by atoms with Crippen molar-refractivity contribution in [2.75, 3.05) is 13.1 Å². The highest BCUT2D eigenvalue weighted by Gasteiger charge is 2.35. The number of rotatable bonds is 3. The summed E-state index contributed by atoms with van der Waals surface area (Å²) < 4.78 is 7.15. The Hall–Kier alpha value is -2.15. The van der Waals surface area contributed by atoms with Gasteiger partial charge >= 0.3 is 0 Å². The average molecular weight is 290 g/mol. The first kappa shape index (κ1) is 13.8. The summed E-state index contributed by atoms with van der Waals surface area (Å²) in [6, 6.07) is 1.96. The van der Waals surface area contributed by atoms with Crippen LogP contribution in [0.1, 0.15) is 46.6 Å². The van der Waals surface area contributed by atoms with Gasteiger partial charge in [-0.05, 0) is 26.8 Å². The fourth-order valence-corrected chi connectivity index (χ4v) is 2.45. The fourth-order valence-electron chi connectivity index (χ4n) is 2.45. The molecule has 1 N–H and O–H groups in total. The number of aryl methyl sites for hydroxylation is 2. The van der Waals surface area contributed by atoms with E-state index in [4.69, 9.17) is 4.42 Å². The summed E-state index contributed by atoms with van der Waals surface area (Å²) in [5, 5.41) is 17.3. The summed E-state index contributed by atoms with van der Waals surface area (Å²) in [5.41, 5.74) is 1.40. The third-order valence-electron chi connectivity index (χ3n) is 3.71. The Labute approximate surface area is 122 Å². The lowest BCUT2D eigenvalue weighted by atomic mass is 10.1. The van der Waals surface area contributed by atoms with E-state index >= 15 is 0 Å². The summed E-state index contributed by atoms with van der Waals surface area (Å²) in [7, 11) is 0. The monoisotopic (exact) mass is 290 g/mol. The van der Waals surface area contributed by atoms with Gasteiger partial charge in [-0.3, -0.25) is 4.79 Å². The van der Waals surface area contributed by atoms with Crippen LogP contribution in [0.3, 0.4) is 0 Å². The maximum atomic E-state index is 12.3. The molecule has 1 amide bonds. The van der Waals surface area contributed by atoms with Gasteiger partial charge in [0.05, 0.1) is 18.3 Å². The van der Waals surface area contributed by atoms with E-state index in [0.717, 1.165) is 11.3 Å². The van der Waals surface area contributed by atoms with Crippen molar-refractivity contribution in [3.05, 3.63) is 35.0 Å². The zero-order valence-electron chi connectivity index (χ0n) is 12.3. The highest BCUT2D eigenvalue weighted by atomic mass is 16.4. The van der Waals surface area contributed by atoms with Gasteiger partial charge in [0.25, 0.3) is 5.91 Å². The normalized spacial score (nSPS) is 16.9. The quantitative estimate of drug-likeness (QED) is 0.919. The third kappa shape index (κ3) is 2.44. The predicted octanol–water partition coefficient (Wildman–Crippen LogP) is 1.24. The van der Waals surface area contributed by atoms with E-state index < -0.39 is 6.10 Å². The van der Waals surface area contributed by atoms with Crippen LogP contribution in [-0.2, 0) is 0 Å². The summed E-state index contributed by atoms with van der Waals surface area (Å²) in [6.07, 6.45) is 1.09. The number of hydrogen-bond acceptors (Lipinski definition) is 5. The number of nitrogens with zero attached hydrogens (tertiary/aromatic N) is 4. The molecular formula is C14H18N4O3. The molecule has 0 saturated carbocycles. The Morgan fingerprint density at radius 3 is 2.71 bits per heavy atom. The van der Waals surface area contributed by atoms with E-state index in [1.165, 1.54) is 0 Å². The van der Waals surface area contributed by atoms with Gasteiger partial charge in [-0.15, -0.1) is 5.10 Å². The topological polar surface area (TPSA) is 84.4 Å². The van der Waals surface area contributed by atoms with Gasteiger partial charge in [0.2, 0.25) is 0 Å². The zero-order valence-corrected chi connectivity index (χ0v) is 12.3. The summed E-state index contributed by atoms with van der Waals surface area (Å²) in [5.74, 6) is 1.06. The number of carbonyl (C=O) groups excluding carboxylic acids is 1. The summed E-state index contributed by atoms with van der Waals surface area (Å²) in [4.78, 5) is 14.0. The molecule has 1 aliphatic heterocycles. The Morgan fingerprint density at radius 1 is 1.48 bits per heavy atom. The minimum absolute atomic E-state index is 0.0901. The number of likely N-dealkylation sites (tertiary alicyclic amines) is 1. The molecule has 0 spiro atoms. The standard InChI is InChI=1S/C14H18N4O3/c1-8-4-9(2)21-13(8)14(20)17-5-11(6-17)18-7-12(10(3)19)15-16-18/h4,7,10-11,19H,5-6H2,1-3H3. The molecule has 1 aliphatic rings. The van der Waals surface area contributed by atoms with Gasteiger partial charge in [0, 0.05) is 18.7 Å². The van der Waals surface area contributed by atoms with Crippen molar-refractivity contribution in [2.24, 2.45) is 0 Å². The third-order valence-corrected chi connectivity index (χ3v) is 3.71. The lowest BCUT2D eigenvalue weighted by molar-refractivity contribution is 0.0464. The summed E-state index contributed by atoms with van der Waals surface area (Å²) in [6.45, 7) is 6.48. The van der Waals surface area contributed by atoms with Gasteiger partial charge < -0.3 is 14.4 Å². The molecule has 0 aromatic carbocycles. The molecule has 21 heavy (non-hydrogen) atoms. The number of carbonyl (C=O) groups is 1. The Balaban J connectivity index is 1.65. The lowest BCUT2D eigenvalue weighted by Gasteiger charge is -2.38. The Kier molecular flexibility index (Phi) is 3.29. The molecule has 0 radical (unpaired) electrons. The maximum absolute atomic E-state index is 12.3. The minimum Gasteiger partial charge on any atom is -0.456 e. The van der Waals surface area contributed by atoms with E-state index in [1.54, 1.807) is 22.7 Å². The van der Waals surface area contributed by atoms with Crippen LogP contribution in [0.2, 0.25) is 0 Å². The van der Waals surface area contributed by atoms with Crippen molar-refractivity contribution in [3.8, 4) is 0 Å². The molecule has 112 valence electrons. The van der Waals surface area contributed by atoms with Crippen LogP contribution in [0.4, 0.5) is 0 Å².